The van der Waals surface area contributed by atoms with Crippen LogP contribution >= 0.6 is 0 Å². The van der Waals surface area contributed by atoms with Crippen LogP contribution in [0.2, 0.25) is 0 Å². The Labute approximate surface area is 119 Å². The van der Waals surface area contributed by atoms with Crippen LogP contribution in [0, 0.1) is 5.92 Å². The van der Waals surface area contributed by atoms with Gasteiger partial charge in [-0.15, -0.1) is 0 Å². The summed E-state index contributed by atoms with van der Waals surface area (Å²) in [5.74, 6) is -0.943. The van der Waals surface area contributed by atoms with Gasteiger partial charge in [-0.1, -0.05) is 0 Å². The van der Waals surface area contributed by atoms with Crippen LogP contribution in [0.5, 0.6) is 0 Å². The first-order valence-corrected chi connectivity index (χ1v) is 7.53. The molecule has 114 valence electrons. The van der Waals surface area contributed by atoms with Crippen LogP contribution in [0.1, 0.15) is 38.5 Å². The molecule has 0 aromatic rings. The van der Waals surface area contributed by atoms with Crippen molar-refractivity contribution in [3.8, 4) is 0 Å². The summed E-state index contributed by atoms with van der Waals surface area (Å²) < 4.78 is 0. The third kappa shape index (κ3) is 4.37. The van der Waals surface area contributed by atoms with E-state index in [-0.39, 0.29) is 24.0 Å². The molecule has 0 spiro atoms. The number of carboxylic acid groups (broad SMARTS) is 1. The van der Waals surface area contributed by atoms with E-state index in [1.807, 2.05) is 0 Å². The fourth-order valence-electron chi connectivity index (χ4n) is 3.18. The number of carboxylic acids is 1. The maximum absolute atomic E-state index is 11.9. The minimum Gasteiger partial charge on any atom is -0.481 e. The van der Waals surface area contributed by atoms with Crippen molar-refractivity contribution in [3.05, 3.63) is 0 Å². The van der Waals surface area contributed by atoms with Gasteiger partial charge in [-0.2, -0.15) is 0 Å². The number of carbonyl (C=O) groups excluding carboxylic acids is 1. The molecule has 2 rings (SSSR count). The summed E-state index contributed by atoms with van der Waals surface area (Å²) in [7, 11) is 2.07. The third-order valence-corrected chi connectivity index (χ3v) is 4.37. The molecule has 1 unspecified atom stereocenters. The Kier molecular flexibility index (Phi) is 5.23. The lowest BCUT2D eigenvalue weighted by Gasteiger charge is -2.31. The number of urea groups is 1. The van der Waals surface area contributed by atoms with Crippen molar-refractivity contribution < 1.29 is 14.7 Å². The first kappa shape index (κ1) is 15.1. The highest BCUT2D eigenvalue weighted by Crippen LogP contribution is 2.24. The zero-order valence-corrected chi connectivity index (χ0v) is 12.1. The summed E-state index contributed by atoms with van der Waals surface area (Å²) in [5, 5.41) is 14.9. The third-order valence-electron chi connectivity index (χ3n) is 4.37. The van der Waals surface area contributed by atoms with E-state index in [0.29, 0.717) is 12.8 Å². The normalized spacial score (nSPS) is 31.6. The highest BCUT2D eigenvalue weighted by atomic mass is 16.4. The number of rotatable bonds is 3. The molecule has 1 heterocycles. The Morgan fingerprint density at radius 1 is 1.05 bits per heavy atom. The average molecular weight is 283 g/mol. The topological polar surface area (TPSA) is 81.7 Å². The molecule has 6 heteroatoms. The summed E-state index contributed by atoms with van der Waals surface area (Å²) in [5.41, 5.74) is 0. The zero-order valence-electron chi connectivity index (χ0n) is 12.1. The van der Waals surface area contributed by atoms with Crippen molar-refractivity contribution in [1.29, 1.82) is 0 Å². The molecule has 1 saturated carbocycles. The predicted molar refractivity (Wildman–Crippen MR) is 75.6 cm³/mol. The van der Waals surface area contributed by atoms with Crippen LogP contribution in [-0.4, -0.2) is 54.2 Å². The number of aliphatic carboxylic acids is 1. The van der Waals surface area contributed by atoms with E-state index >= 15 is 0 Å². The van der Waals surface area contributed by atoms with Crippen molar-refractivity contribution in [2.24, 2.45) is 5.92 Å². The van der Waals surface area contributed by atoms with Crippen LogP contribution < -0.4 is 10.6 Å². The van der Waals surface area contributed by atoms with Crippen molar-refractivity contribution in [3.63, 3.8) is 0 Å². The van der Waals surface area contributed by atoms with Gasteiger partial charge >= 0.3 is 12.0 Å². The predicted octanol–water partition coefficient (Wildman–Crippen LogP) is 1.02. The minimum absolute atomic E-state index is 0.107. The van der Waals surface area contributed by atoms with Crippen LogP contribution in [-0.2, 0) is 4.79 Å². The summed E-state index contributed by atoms with van der Waals surface area (Å²) in [6, 6.07) is 0.236. The number of likely N-dealkylation sites (tertiary alicyclic amines) is 1. The van der Waals surface area contributed by atoms with E-state index in [1.165, 1.54) is 0 Å². The molecule has 6 nitrogen and oxygen atoms in total. The van der Waals surface area contributed by atoms with Crippen molar-refractivity contribution in [2.75, 3.05) is 20.1 Å². The number of piperidine rings is 1. The van der Waals surface area contributed by atoms with Gasteiger partial charge in [0, 0.05) is 18.6 Å². The summed E-state index contributed by atoms with van der Waals surface area (Å²) in [6.07, 6.45) is 4.98. The van der Waals surface area contributed by atoms with Gasteiger partial charge in [0.15, 0.2) is 0 Å². The highest BCUT2D eigenvalue weighted by molar-refractivity contribution is 5.74. The molecule has 0 bridgehead atoms. The van der Waals surface area contributed by atoms with Gasteiger partial charge < -0.3 is 20.6 Å². The van der Waals surface area contributed by atoms with Gasteiger partial charge in [0.1, 0.15) is 0 Å². The van der Waals surface area contributed by atoms with Gasteiger partial charge in [-0.25, -0.2) is 4.79 Å². The van der Waals surface area contributed by atoms with Crippen molar-refractivity contribution in [2.45, 2.75) is 50.6 Å². The number of likely N-dealkylation sites (N-methyl/N-ethyl adjacent to an activating group) is 1. The van der Waals surface area contributed by atoms with E-state index < -0.39 is 5.97 Å². The fraction of sp³-hybridized carbons (Fsp3) is 0.857. The van der Waals surface area contributed by atoms with E-state index in [4.69, 9.17) is 5.11 Å². The lowest BCUT2D eigenvalue weighted by molar-refractivity contribution is -0.142. The quantitative estimate of drug-likeness (QED) is 0.722. The number of nitrogens with zero attached hydrogens (tertiary/aromatic N) is 1. The van der Waals surface area contributed by atoms with Gasteiger partial charge in [0.25, 0.3) is 0 Å². The van der Waals surface area contributed by atoms with E-state index in [9.17, 15) is 9.59 Å². The molecule has 1 aliphatic heterocycles. The molecule has 1 atom stereocenters. The van der Waals surface area contributed by atoms with Crippen LogP contribution in [0.25, 0.3) is 0 Å². The van der Waals surface area contributed by atoms with Gasteiger partial charge in [0.2, 0.25) is 0 Å². The Hall–Kier alpha value is -1.30. The van der Waals surface area contributed by atoms with Gasteiger partial charge in [-0.3, -0.25) is 4.79 Å². The second kappa shape index (κ2) is 6.92. The lowest BCUT2D eigenvalue weighted by atomic mass is 9.86. The minimum atomic E-state index is -0.710. The van der Waals surface area contributed by atoms with Gasteiger partial charge in [-0.05, 0) is 52.1 Å². The SMILES string of the molecule is CN1CCCC(NC(=O)NC2CCC(C(=O)O)CC2)C1. The number of nitrogens with one attached hydrogen (secondary N) is 2. The summed E-state index contributed by atoms with van der Waals surface area (Å²) in [4.78, 5) is 25.0. The second-order valence-corrected chi connectivity index (χ2v) is 6.11. The maximum Gasteiger partial charge on any atom is 0.315 e. The largest absolute Gasteiger partial charge is 0.481 e. The molecule has 0 aromatic heterocycles. The molecule has 0 radical (unpaired) electrons. The standard InChI is InChI=1S/C14H25N3O3/c1-17-8-2-3-12(9-17)16-14(20)15-11-6-4-10(5-7-11)13(18)19/h10-12H,2-9H2,1H3,(H,18,19)(H2,15,16,20). The molecule has 1 saturated heterocycles. The number of hydrogen-bond acceptors (Lipinski definition) is 3. The first-order valence-electron chi connectivity index (χ1n) is 7.53. The van der Waals surface area contributed by atoms with Crippen LogP contribution in [0.4, 0.5) is 4.79 Å². The molecule has 3 N–H and O–H groups in total. The molecule has 0 aromatic carbocycles. The molecular formula is C14H25N3O3. The molecule has 2 amide bonds. The lowest BCUT2D eigenvalue weighted by Crippen LogP contribution is -2.52. The van der Waals surface area contributed by atoms with Crippen molar-refractivity contribution in [1.82, 2.24) is 15.5 Å². The van der Waals surface area contributed by atoms with E-state index in [0.717, 1.165) is 38.8 Å². The molecular weight excluding hydrogens is 258 g/mol. The van der Waals surface area contributed by atoms with Crippen molar-refractivity contribution >= 4 is 12.0 Å². The summed E-state index contributed by atoms with van der Waals surface area (Å²) in [6.45, 7) is 2.00. The van der Waals surface area contributed by atoms with Crippen LogP contribution in [0.15, 0.2) is 0 Å². The number of hydrogen-bond donors (Lipinski definition) is 3. The molecule has 1 aliphatic carbocycles. The highest BCUT2D eigenvalue weighted by Gasteiger charge is 2.27. The molecule has 2 fully saturated rings. The molecule has 2 aliphatic rings. The number of carbonyl (C=O) groups is 2. The van der Waals surface area contributed by atoms with E-state index in [2.05, 4.69) is 22.6 Å². The smallest absolute Gasteiger partial charge is 0.315 e. The average Bonchev–Trinajstić information content (AvgIpc) is 2.39. The second-order valence-electron chi connectivity index (χ2n) is 6.11. The maximum atomic E-state index is 11.9. The van der Waals surface area contributed by atoms with E-state index in [1.54, 1.807) is 0 Å². The number of amides is 2. The summed E-state index contributed by atoms with van der Waals surface area (Å²) >= 11 is 0. The Morgan fingerprint density at radius 2 is 1.70 bits per heavy atom. The Bertz CT molecular complexity index is 354. The zero-order chi connectivity index (χ0) is 14.5. The van der Waals surface area contributed by atoms with Crippen LogP contribution in [0.3, 0.4) is 0 Å². The Balaban J connectivity index is 1.68. The monoisotopic (exact) mass is 283 g/mol. The molecule has 20 heavy (non-hydrogen) atoms. The fourth-order valence-corrected chi connectivity index (χ4v) is 3.18. The Morgan fingerprint density at radius 3 is 2.30 bits per heavy atom. The van der Waals surface area contributed by atoms with Gasteiger partial charge in [0.05, 0.1) is 5.92 Å². The first-order chi connectivity index (χ1) is 9.54.